The highest BCUT2D eigenvalue weighted by Gasteiger charge is 2.27. The van der Waals surface area contributed by atoms with Gasteiger partial charge in [-0.2, -0.15) is 0 Å². The van der Waals surface area contributed by atoms with Gasteiger partial charge < -0.3 is 28.5 Å². The Balaban J connectivity index is 5.38. The van der Waals surface area contributed by atoms with E-state index in [1.165, 1.54) is 109 Å². The van der Waals surface area contributed by atoms with Crippen molar-refractivity contribution in [2.45, 2.75) is 270 Å². The van der Waals surface area contributed by atoms with Gasteiger partial charge in [0.1, 0.15) is 19.3 Å². The Morgan fingerprint density at radius 1 is 0.514 bits per heavy atom. The molecule has 0 saturated carbocycles. The number of carbonyl (C=O) groups excluding carboxylic acids is 2. The first-order chi connectivity index (χ1) is 33.9. The minimum atomic E-state index is -4.70. The summed E-state index contributed by atoms with van der Waals surface area (Å²) in [6, 6.07) is -0.897. The number of likely N-dealkylation sites (N-methyl/N-ethyl adjacent to an activating group) is 1. The summed E-state index contributed by atoms with van der Waals surface area (Å²) in [7, 11) is 1.17. The normalized spacial score (nSPS) is 14.2. The van der Waals surface area contributed by atoms with Crippen LogP contribution in [0.1, 0.15) is 258 Å². The number of esters is 1. The zero-order valence-electron chi connectivity index (χ0n) is 46.5. The number of nitrogens with one attached hydrogen (secondary N) is 1. The van der Waals surface area contributed by atoms with Crippen LogP contribution in [0.2, 0.25) is 0 Å². The smallest absolute Gasteiger partial charge is 0.306 e. The number of rotatable bonds is 52. The van der Waals surface area contributed by atoms with Gasteiger partial charge >= 0.3 is 5.97 Å². The maximum absolute atomic E-state index is 13.5. The van der Waals surface area contributed by atoms with Gasteiger partial charge in [-0.1, -0.05) is 217 Å². The van der Waals surface area contributed by atoms with Crippen molar-refractivity contribution in [2.75, 3.05) is 40.9 Å². The minimum absolute atomic E-state index is 0.0269. The van der Waals surface area contributed by atoms with Crippen molar-refractivity contribution in [3.8, 4) is 0 Å². The fraction of sp³-hybridized carbons (Fsp3) is 0.800. The molecule has 1 amide bonds. The molecule has 70 heavy (non-hydrogen) atoms. The highest BCUT2D eigenvalue weighted by atomic mass is 31.2. The third-order valence-corrected chi connectivity index (χ3v) is 13.6. The summed E-state index contributed by atoms with van der Waals surface area (Å²) in [6.07, 6.45) is 61.7. The fourth-order valence-electron chi connectivity index (χ4n) is 8.18. The van der Waals surface area contributed by atoms with Gasteiger partial charge in [-0.05, 0) is 89.5 Å². The lowest BCUT2D eigenvalue weighted by molar-refractivity contribution is -0.870. The summed E-state index contributed by atoms with van der Waals surface area (Å²) in [5.41, 5.74) is 0. The van der Waals surface area contributed by atoms with E-state index in [1.54, 1.807) is 0 Å². The first-order valence-electron chi connectivity index (χ1n) is 29.1. The molecule has 0 rings (SSSR count). The highest BCUT2D eigenvalue weighted by molar-refractivity contribution is 7.45. The van der Waals surface area contributed by atoms with E-state index in [-0.39, 0.29) is 24.9 Å². The van der Waals surface area contributed by atoms with Gasteiger partial charge in [0, 0.05) is 12.8 Å². The number of nitrogens with zero attached hydrogens (tertiary/aromatic N) is 1. The van der Waals surface area contributed by atoms with Crippen molar-refractivity contribution >= 4 is 19.7 Å². The zero-order valence-corrected chi connectivity index (χ0v) is 47.4. The van der Waals surface area contributed by atoms with Gasteiger partial charge in [0.15, 0.2) is 0 Å². The topological polar surface area (TPSA) is 114 Å². The number of phosphoric ester groups is 1. The maximum Gasteiger partial charge on any atom is 0.306 e. The van der Waals surface area contributed by atoms with Crippen LogP contribution in [0.25, 0.3) is 0 Å². The number of ether oxygens (including phenoxy) is 1. The Morgan fingerprint density at radius 3 is 1.40 bits per heavy atom. The molecule has 0 saturated heterocycles. The highest BCUT2D eigenvalue weighted by Crippen LogP contribution is 2.38. The molecule has 9 nitrogen and oxygen atoms in total. The van der Waals surface area contributed by atoms with E-state index in [9.17, 15) is 19.0 Å². The van der Waals surface area contributed by atoms with Crippen molar-refractivity contribution in [1.29, 1.82) is 0 Å². The summed E-state index contributed by atoms with van der Waals surface area (Å²) >= 11 is 0. The lowest BCUT2D eigenvalue weighted by Gasteiger charge is -2.30. The molecule has 0 fully saturated rings. The number of allylic oxidation sites excluding steroid dienone is 9. The minimum Gasteiger partial charge on any atom is -0.756 e. The molecule has 408 valence electrons. The van der Waals surface area contributed by atoms with E-state index in [2.05, 4.69) is 74.7 Å². The van der Waals surface area contributed by atoms with Crippen LogP contribution in [0.15, 0.2) is 60.8 Å². The summed E-state index contributed by atoms with van der Waals surface area (Å²) in [5.74, 6) is -0.559. The van der Waals surface area contributed by atoms with E-state index in [1.807, 2.05) is 33.3 Å². The number of unbranched alkanes of at least 4 members (excludes halogenated alkanes) is 28. The van der Waals surface area contributed by atoms with Crippen LogP contribution in [0.3, 0.4) is 0 Å². The molecule has 10 heteroatoms. The molecule has 0 aliphatic heterocycles. The molecule has 1 N–H and O–H groups in total. The van der Waals surface area contributed by atoms with Crippen molar-refractivity contribution in [1.82, 2.24) is 5.32 Å². The second-order valence-corrected chi connectivity index (χ2v) is 22.2. The molecule has 0 aromatic rings. The monoisotopic (exact) mass is 1000 g/mol. The summed E-state index contributed by atoms with van der Waals surface area (Å²) < 4.78 is 30.2. The van der Waals surface area contributed by atoms with Crippen LogP contribution in [0, 0.1) is 0 Å². The molecule has 0 heterocycles. The summed E-state index contributed by atoms with van der Waals surface area (Å²) in [5, 5.41) is 3.02. The number of hydrogen-bond acceptors (Lipinski definition) is 7. The van der Waals surface area contributed by atoms with E-state index < -0.39 is 26.6 Å². The van der Waals surface area contributed by atoms with Crippen LogP contribution in [-0.4, -0.2) is 69.4 Å². The van der Waals surface area contributed by atoms with Gasteiger partial charge in [-0.15, -0.1) is 0 Å². The number of amides is 1. The average Bonchev–Trinajstić information content (AvgIpc) is 3.32. The molecule has 0 aliphatic rings. The zero-order chi connectivity index (χ0) is 51.5. The Morgan fingerprint density at radius 2 is 0.914 bits per heavy atom. The number of hydrogen-bond donors (Lipinski definition) is 1. The predicted octanol–water partition coefficient (Wildman–Crippen LogP) is 16.9. The van der Waals surface area contributed by atoms with Crippen molar-refractivity contribution < 1.29 is 37.3 Å². The van der Waals surface area contributed by atoms with Gasteiger partial charge in [0.2, 0.25) is 5.91 Å². The summed E-state index contributed by atoms with van der Waals surface area (Å²) in [6.45, 7) is 6.71. The van der Waals surface area contributed by atoms with Crippen LogP contribution in [-0.2, 0) is 27.9 Å². The Bertz CT molecular complexity index is 1390. The fourth-order valence-corrected chi connectivity index (χ4v) is 8.90. The molecule has 0 aliphatic carbocycles. The van der Waals surface area contributed by atoms with Crippen LogP contribution < -0.4 is 10.2 Å². The van der Waals surface area contributed by atoms with Crippen molar-refractivity contribution in [3.05, 3.63) is 60.8 Å². The molecular weight excluding hydrogens is 892 g/mol. The molecule has 0 radical (unpaired) electrons. The van der Waals surface area contributed by atoms with Gasteiger partial charge in [0.25, 0.3) is 7.82 Å². The Labute approximate surface area is 432 Å². The molecular formula is C60H111N2O7P. The Hall–Kier alpha value is -2.29. The standard InChI is InChI=1S/C60H111N2O7P/c1-7-10-13-16-19-22-25-28-30-32-34-37-40-43-46-49-52-59(63)61-57(56-68-70(65,66)67-55-54-62(4,5)6)58(51-48-45-42-39-36-33-27-24-21-18-15-12-9-3)69-60(64)53-50-47-44-41-38-35-31-29-26-23-20-17-14-11-8-2/h10,13,19,22-23,26,28,30,48,51,57-58H,7-9,11-12,14-18,20-21,24-25,27,29,31-47,49-50,52-56H2,1-6H3,(H-,61,63,65,66)/b13-10+,22-19+,26-23-,30-28+,51-48+. The molecule has 0 aromatic carbocycles. The SMILES string of the molecule is CC/C=C/C/C=C/C/C=C/CCCCCCCCC(=O)NC(COP(=O)([O-])OCC[N+](C)(C)C)C(/C=C/CCCCCCCCCCCCC)OC(=O)CCCCCCCCC/C=C\CCCCCC. The van der Waals surface area contributed by atoms with Crippen LogP contribution in [0.5, 0.6) is 0 Å². The summed E-state index contributed by atoms with van der Waals surface area (Å²) in [4.78, 5) is 39.9. The maximum atomic E-state index is 13.5. The lowest BCUT2D eigenvalue weighted by atomic mass is 10.0. The molecule has 3 atom stereocenters. The third-order valence-electron chi connectivity index (χ3n) is 12.7. The first kappa shape index (κ1) is 67.7. The van der Waals surface area contributed by atoms with Crippen molar-refractivity contribution in [2.24, 2.45) is 0 Å². The Kier molecular flexibility index (Phi) is 48.6. The lowest BCUT2D eigenvalue weighted by Crippen LogP contribution is -2.47. The van der Waals surface area contributed by atoms with E-state index >= 15 is 0 Å². The molecule has 0 aromatic heterocycles. The number of phosphoric acid groups is 1. The second-order valence-electron chi connectivity index (χ2n) is 20.8. The largest absolute Gasteiger partial charge is 0.756 e. The average molecular weight is 1000 g/mol. The van der Waals surface area contributed by atoms with Gasteiger partial charge in [-0.3, -0.25) is 14.2 Å². The van der Waals surface area contributed by atoms with E-state index in [0.717, 1.165) is 116 Å². The third kappa shape index (κ3) is 50.6. The number of quaternary nitrogens is 1. The second kappa shape index (κ2) is 50.3. The number of carbonyl (C=O) groups is 2. The quantitative estimate of drug-likeness (QED) is 0.0212. The molecule has 0 spiro atoms. The predicted molar refractivity (Wildman–Crippen MR) is 298 cm³/mol. The van der Waals surface area contributed by atoms with Crippen molar-refractivity contribution in [3.63, 3.8) is 0 Å². The molecule has 0 bridgehead atoms. The van der Waals surface area contributed by atoms with Gasteiger partial charge in [0.05, 0.1) is 33.8 Å². The first-order valence-corrected chi connectivity index (χ1v) is 30.6. The van der Waals surface area contributed by atoms with Gasteiger partial charge in [-0.25, -0.2) is 0 Å². The molecule has 3 unspecified atom stereocenters. The van der Waals surface area contributed by atoms with E-state index in [4.69, 9.17) is 13.8 Å². The van der Waals surface area contributed by atoms with E-state index in [0.29, 0.717) is 17.4 Å². The van der Waals surface area contributed by atoms with Crippen LogP contribution in [0.4, 0.5) is 0 Å². The van der Waals surface area contributed by atoms with Crippen LogP contribution >= 0.6 is 7.82 Å².